The van der Waals surface area contributed by atoms with Crippen molar-refractivity contribution >= 4 is 11.6 Å². The van der Waals surface area contributed by atoms with Gasteiger partial charge in [-0.05, 0) is 12.8 Å². The van der Waals surface area contributed by atoms with Crippen molar-refractivity contribution in [1.82, 2.24) is 0 Å². The zero-order chi connectivity index (χ0) is 14.8. The molecule has 1 fully saturated rings. The third-order valence-corrected chi connectivity index (χ3v) is 3.70. The first-order chi connectivity index (χ1) is 9.59. The molecule has 0 aromatic rings. The maximum atomic E-state index is 9.79. The van der Waals surface area contributed by atoms with Crippen molar-refractivity contribution in [1.29, 1.82) is 0 Å². The lowest BCUT2D eigenvalue weighted by molar-refractivity contribution is -0.147. The van der Waals surface area contributed by atoms with Crippen molar-refractivity contribution in [2.45, 2.75) is 76.2 Å². The van der Waals surface area contributed by atoms with E-state index in [0.29, 0.717) is 19.6 Å². The highest BCUT2D eigenvalue weighted by atomic mass is 35.5. The van der Waals surface area contributed by atoms with Crippen LogP contribution in [0.15, 0.2) is 0 Å². The Morgan fingerprint density at radius 3 is 2.45 bits per heavy atom. The van der Waals surface area contributed by atoms with Crippen molar-refractivity contribution in [3.8, 4) is 0 Å². The number of unbranched alkanes of at least 4 members (excludes halogenated alkanes) is 4. The fourth-order valence-electron chi connectivity index (χ4n) is 2.28. The van der Waals surface area contributed by atoms with Crippen molar-refractivity contribution in [3.05, 3.63) is 0 Å². The van der Waals surface area contributed by atoms with Gasteiger partial charge in [-0.3, -0.25) is 0 Å². The Hall–Kier alpha value is 0.130. The topological polar surface area (TPSA) is 47.9 Å². The Kier molecular flexibility index (Phi) is 9.05. The molecule has 1 aliphatic rings. The molecule has 1 saturated heterocycles. The smallest absolute Gasteiger partial charge is 0.248 e. The lowest BCUT2D eigenvalue weighted by Crippen LogP contribution is -2.30. The molecule has 1 rings (SSSR count). The first-order valence-corrected chi connectivity index (χ1v) is 8.25. The van der Waals surface area contributed by atoms with Gasteiger partial charge in [0.2, 0.25) is 5.25 Å². The van der Waals surface area contributed by atoms with Gasteiger partial charge < -0.3 is 19.3 Å². The minimum atomic E-state index is -1.60. The number of alkyl halides is 1. The minimum Gasteiger partial charge on any atom is -0.379 e. The third kappa shape index (κ3) is 7.23. The lowest BCUT2D eigenvalue weighted by Gasteiger charge is -2.19. The molecule has 0 spiro atoms. The summed E-state index contributed by atoms with van der Waals surface area (Å²) in [5.74, 6) is 0. The van der Waals surface area contributed by atoms with Gasteiger partial charge in [-0.25, -0.2) is 0 Å². The predicted octanol–water partition coefficient (Wildman–Crippen LogP) is 3.44. The van der Waals surface area contributed by atoms with Crippen molar-refractivity contribution in [3.63, 3.8) is 0 Å². The van der Waals surface area contributed by atoms with Crippen LogP contribution in [0.5, 0.6) is 0 Å². The van der Waals surface area contributed by atoms with Crippen LogP contribution in [0.1, 0.15) is 58.8 Å². The number of hydrogen-bond acceptors (Lipinski definition) is 4. The van der Waals surface area contributed by atoms with Crippen LogP contribution >= 0.6 is 11.6 Å². The van der Waals surface area contributed by atoms with Gasteiger partial charge in [-0.1, -0.05) is 51.1 Å². The molecule has 0 radical (unpaired) electrons. The molecule has 120 valence electrons. The first-order valence-electron chi connectivity index (χ1n) is 7.87. The number of ether oxygens (including phenoxy) is 3. The molecule has 0 saturated carbocycles. The summed E-state index contributed by atoms with van der Waals surface area (Å²) in [6.07, 6.45) is 6.57. The molecule has 0 bridgehead atoms. The first kappa shape index (κ1) is 18.2. The quantitative estimate of drug-likeness (QED) is 0.469. The fraction of sp³-hybridized carbons (Fsp3) is 1.00. The van der Waals surface area contributed by atoms with Crippen LogP contribution in [0.2, 0.25) is 0 Å². The Morgan fingerprint density at radius 2 is 1.80 bits per heavy atom. The monoisotopic (exact) mass is 308 g/mol. The van der Waals surface area contributed by atoms with Crippen LogP contribution in [-0.2, 0) is 14.2 Å². The Labute approximate surface area is 127 Å². The Morgan fingerprint density at radius 1 is 1.15 bits per heavy atom. The molecule has 1 heterocycles. The van der Waals surface area contributed by atoms with Gasteiger partial charge in [0.05, 0.1) is 12.7 Å². The standard InChI is InChI=1S/C15H29ClO4/c1-3-5-7-9-18-12-14-13(11-15(16,17)20-14)19-10-8-6-4-2/h13-14,17H,3-12H2,1-2H3/t13-,14+,15?/m1/s1. The van der Waals surface area contributed by atoms with Crippen molar-refractivity contribution in [2.75, 3.05) is 19.8 Å². The molecular weight excluding hydrogens is 280 g/mol. The van der Waals surface area contributed by atoms with E-state index in [4.69, 9.17) is 25.8 Å². The normalized spacial score (nSPS) is 30.0. The largest absolute Gasteiger partial charge is 0.379 e. The van der Waals surface area contributed by atoms with Crippen LogP contribution < -0.4 is 0 Å². The molecule has 1 unspecified atom stereocenters. The summed E-state index contributed by atoms with van der Waals surface area (Å²) in [5, 5.41) is 8.18. The zero-order valence-electron chi connectivity index (χ0n) is 12.8. The van der Waals surface area contributed by atoms with Gasteiger partial charge >= 0.3 is 0 Å². The van der Waals surface area contributed by atoms with Crippen LogP contribution in [0.25, 0.3) is 0 Å². The van der Waals surface area contributed by atoms with Gasteiger partial charge in [-0.15, -0.1) is 0 Å². The van der Waals surface area contributed by atoms with Gasteiger partial charge in [-0.2, -0.15) is 0 Å². The summed E-state index contributed by atoms with van der Waals surface area (Å²) in [6, 6.07) is 0. The maximum Gasteiger partial charge on any atom is 0.248 e. The summed E-state index contributed by atoms with van der Waals surface area (Å²) in [5.41, 5.74) is 0. The molecule has 3 atom stereocenters. The van der Waals surface area contributed by atoms with E-state index in [1.807, 2.05) is 0 Å². The molecule has 0 aromatic heterocycles. The van der Waals surface area contributed by atoms with E-state index < -0.39 is 5.25 Å². The molecule has 5 heteroatoms. The van der Waals surface area contributed by atoms with Crippen molar-refractivity contribution in [2.24, 2.45) is 0 Å². The highest BCUT2D eigenvalue weighted by molar-refractivity contribution is 6.21. The van der Waals surface area contributed by atoms with Crippen molar-refractivity contribution < 1.29 is 19.3 Å². The Bertz CT molecular complexity index is 248. The van der Waals surface area contributed by atoms with Gasteiger partial charge in [0.15, 0.2) is 0 Å². The number of hydrogen-bond donors (Lipinski definition) is 1. The number of rotatable bonds is 11. The summed E-state index contributed by atoms with van der Waals surface area (Å²) < 4.78 is 16.8. The predicted molar refractivity (Wildman–Crippen MR) is 79.9 cm³/mol. The number of halogens is 1. The highest BCUT2D eigenvalue weighted by Gasteiger charge is 2.44. The van der Waals surface area contributed by atoms with E-state index in [0.717, 1.165) is 32.3 Å². The van der Waals surface area contributed by atoms with Gasteiger partial charge in [0.25, 0.3) is 0 Å². The second-order valence-corrected chi connectivity index (χ2v) is 6.04. The lowest BCUT2D eigenvalue weighted by atomic mass is 10.2. The Balaban J connectivity index is 2.25. The minimum absolute atomic E-state index is 0.180. The van der Waals surface area contributed by atoms with Crippen LogP contribution in [-0.4, -0.2) is 42.4 Å². The second kappa shape index (κ2) is 9.96. The second-order valence-electron chi connectivity index (χ2n) is 5.45. The van der Waals surface area contributed by atoms with E-state index >= 15 is 0 Å². The average molecular weight is 309 g/mol. The highest BCUT2D eigenvalue weighted by Crippen LogP contribution is 2.34. The molecule has 20 heavy (non-hydrogen) atoms. The SMILES string of the molecule is CCCCCOC[C@@H]1OC(O)(Cl)C[C@H]1OCCCCC. The van der Waals surface area contributed by atoms with E-state index in [1.165, 1.54) is 12.8 Å². The molecule has 0 aliphatic carbocycles. The summed E-state index contributed by atoms with van der Waals surface area (Å²) >= 11 is 5.86. The van der Waals surface area contributed by atoms with Gasteiger partial charge in [0.1, 0.15) is 6.10 Å². The molecule has 0 amide bonds. The maximum absolute atomic E-state index is 9.79. The van der Waals surface area contributed by atoms with E-state index in [-0.39, 0.29) is 12.2 Å². The molecule has 4 nitrogen and oxygen atoms in total. The molecular formula is C15H29ClO4. The third-order valence-electron chi connectivity index (χ3n) is 3.45. The van der Waals surface area contributed by atoms with Gasteiger partial charge in [0, 0.05) is 19.6 Å². The van der Waals surface area contributed by atoms with E-state index in [9.17, 15) is 5.11 Å². The molecule has 1 aliphatic heterocycles. The molecule has 1 N–H and O–H groups in total. The summed E-state index contributed by atoms with van der Waals surface area (Å²) in [7, 11) is 0. The van der Waals surface area contributed by atoms with Crippen LogP contribution in [0, 0.1) is 0 Å². The average Bonchev–Trinajstić information content (AvgIpc) is 2.69. The van der Waals surface area contributed by atoms with E-state index in [1.54, 1.807) is 0 Å². The fourth-order valence-corrected chi connectivity index (χ4v) is 2.55. The van der Waals surface area contributed by atoms with Crippen LogP contribution in [0.3, 0.4) is 0 Å². The van der Waals surface area contributed by atoms with Crippen LogP contribution in [0.4, 0.5) is 0 Å². The number of aliphatic hydroxyl groups is 1. The summed E-state index contributed by atoms with van der Waals surface area (Å²) in [4.78, 5) is 0. The molecule has 0 aromatic carbocycles. The summed E-state index contributed by atoms with van der Waals surface area (Å²) in [6.45, 7) is 6.15. The zero-order valence-corrected chi connectivity index (χ0v) is 13.5. The van der Waals surface area contributed by atoms with E-state index in [2.05, 4.69) is 13.8 Å².